The molecule has 0 radical (unpaired) electrons. The summed E-state index contributed by atoms with van der Waals surface area (Å²) >= 11 is 0. The molecule has 1 fully saturated rings. The molecule has 1 aliphatic rings. The zero-order chi connectivity index (χ0) is 25.4. The number of aryl methyl sites for hydroxylation is 1. The first-order valence-electron chi connectivity index (χ1n) is 11.3. The smallest absolute Gasteiger partial charge is 0.319 e. The second-order valence-corrected chi connectivity index (χ2v) is 8.14. The fourth-order valence-electron chi connectivity index (χ4n) is 4.01. The highest BCUT2D eigenvalue weighted by Crippen LogP contribution is 2.22. The van der Waals surface area contributed by atoms with Crippen LogP contribution in [-0.2, 0) is 21.4 Å². The summed E-state index contributed by atoms with van der Waals surface area (Å²) in [6.07, 6.45) is 2.72. The number of carbonyl (C=O) groups excluding carboxylic acids is 4. The Morgan fingerprint density at radius 2 is 1.91 bits per heavy atom. The van der Waals surface area contributed by atoms with Gasteiger partial charge in [-0.25, -0.2) is 4.79 Å². The standard InChI is InChI=1S/C24H31N5O6/c1-28-13-6-9-19(28)23(32)29-14-11-18(21(29)22(31)25-12-5-10-20(30)35-3)27-24(33)26-16-7-4-8-17(15-16)34-2/h4,6-9,13,15,18,21H,5,10-12,14H2,1-3H3,(H,25,31)(H2,26,27,33)/t18-,21-/m0/s1. The van der Waals surface area contributed by atoms with Gasteiger partial charge in [0.2, 0.25) is 5.91 Å². The van der Waals surface area contributed by atoms with Crippen LogP contribution in [0, 0.1) is 0 Å². The number of aromatic nitrogens is 1. The Labute approximate surface area is 203 Å². The van der Waals surface area contributed by atoms with Gasteiger partial charge < -0.3 is 34.9 Å². The van der Waals surface area contributed by atoms with Crippen molar-refractivity contribution in [3.8, 4) is 5.75 Å². The van der Waals surface area contributed by atoms with Gasteiger partial charge in [-0.05, 0) is 37.1 Å². The number of esters is 1. The SMILES string of the molecule is COC(=O)CCCNC(=O)[C@@H]1[C@@H](NC(=O)Nc2cccc(OC)c2)CCN1C(=O)c1cccn1C. The third kappa shape index (κ3) is 6.52. The summed E-state index contributed by atoms with van der Waals surface area (Å²) in [4.78, 5) is 51.9. The molecule has 3 rings (SSSR count). The third-order valence-corrected chi connectivity index (χ3v) is 5.82. The number of carbonyl (C=O) groups is 4. The van der Waals surface area contributed by atoms with E-state index >= 15 is 0 Å². The number of rotatable bonds is 9. The lowest BCUT2D eigenvalue weighted by atomic mass is 10.1. The summed E-state index contributed by atoms with van der Waals surface area (Å²) < 4.78 is 11.5. The summed E-state index contributed by atoms with van der Waals surface area (Å²) in [6, 6.07) is 8.31. The molecule has 2 atom stereocenters. The van der Waals surface area contributed by atoms with Crippen LogP contribution in [-0.4, -0.2) is 72.7 Å². The van der Waals surface area contributed by atoms with Crippen molar-refractivity contribution >= 4 is 29.5 Å². The molecule has 1 saturated heterocycles. The van der Waals surface area contributed by atoms with Gasteiger partial charge >= 0.3 is 12.0 Å². The van der Waals surface area contributed by atoms with E-state index in [1.165, 1.54) is 19.1 Å². The van der Waals surface area contributed by atoms with Crippen molar-refractivity contribution in [2.24, 2.45) is 7.05 Å². The van der Waals surface area contributed by atoms with E-state index in [2.05, 4.69) is 20.7 Å². The van der Waals surface area contributed by atoms with Crippen molar-refractivity contribution in [3.05, 3.63) is 48.3 Å². The van der Waals surface area contributed by atoms with Crippen LogP contribution in [0.25, 0.3) is 0 Å². The average Bonchev–Trinajstić information content (AvgIpc) is 3.47. The minimum Gasteiger partial charge on any atom is -0.497 e. The number of hydrogen-bond donors (Lipinski definition) is 3. The lowest BCUT2D eigenvalue weighted by Gasteiger charge is -2.28. The van der Waals surface area contributed by atoms with Gasteiger partial charge in [0, 0.05) is 44.5 Å². The van der Waals surface area contributed by atoms with E-state index in [0.29, 0.717) is 36.5 Å². The van der Waals surface area contributed by atoms with Crippen LogP contribution >= 0.6 is 0 Å². The molecule has 1 aromatic carbocycles. The van der Waals surface area contributed by atoms with E-state index in [-0.39, 0.29) is 24.8 Å². The Morgan fingerprint density at radius 1 is 1.11 bits per heavy atom. The number of nitrogens with zero attached hydrogens (tertiary/aromatic N) is 2. The molecular formula is C24H31N5O6. The molecule has 2 heterocycles. The Bertz CT molecular complexity index is 1070. The highest BCUT2D eigenvalue weighted by Gasteiger charge is 2.43. The average molecular weight is 486 g/mol. The maximum atomic E-state index is 13.2. The summed E-state index contributed by atoms with van der Waals surface area (Å²) in [5.74, 6) is -0.479. The highest BCUT2D eigenvalue weighted by atomic mass is 16.5. The number of benzene rings is 1. The van der Waals surface area contributed by atoms with Gasteiger partial charge in [-0.2, -0.15) is 0 Å². The predicted molar refractivity (Wildman–Crippen MR) is 128 cm³/mol. The van der Waals surface area contributed by atoms with E-state index in [1.54, 1.807) is 54.2 Å². The maximum absolute atomic E-state index is 13.2. The molecule has 188 valence electrons. The van der Waals surface area contributed by atoms with Crippen molar-refractivity contribution < 1.29 is 28.7 Å². The van der Waals surface area contributed by atoms with Crippen LogP contribution in [0.5, 0.6) is 5.75 Å². The van der Waals surface area contributed by atoms with Crippen molar-refractivity contribution in [3.63, 3.8) is 0 Å². The van der Waals surface area contributed by atoms with Gasteiger partial charge in [0.15, 0.2) is 0 Å². The van der Waals surface area contributed by atoms with Crippen molar-refractivity contribution in [2.45, 2.75) is 31.3 Å². The molecule has 0 aliphatic carbocycles. The molecule has 2 aromatic rings. The minimum atomic E-state index is -0.911. The zero-order valence-electron chi connectivity index (χ0n) is 20.1. The number of amides is 4. The van der Waals surface area contributed by atoms with Gasteiger partial charge in [-0.15, -0.1) is 0 Å². The minimum absolute atomic E-state index is 0.165. The quantitative estimate of drug-likeness (QED) is 0.365. The Morgan fingerprint density at radius 3 is 2.60 bits per heavy atom. The molecule has 1 aromatic heterocycles. The summed E-state index contributed by atoms with van der Waals surface area (Å²) in [6.45, 7) is 0.535. The number of hydrogen-bond acceptors (Lipinski definition) is 6. The monoisotopic (exact) mass is 485 g/mol. The molecule has 11 nitrogen and oxygen atoms in total. The van der Waals surface area contributed by atoms with Crippen molar-refractivity contribution in [2.75, 3.05) is 32.6 Å². The van der Waals surface area contributed by atoms with E-state index in [1.807, 2.05) is 0 Å². The summed E-state index contributed by atoms with van der Waals surface area (Å²) in [5, 5.41) is 8.35. The lowest BCUT2D eigenvalue weighted by molar-refractivity contribution is -0.140. The molecule has 1 aliphatic heterocycles. The number of ether oxygens (including phenoxy) is 2. The van der Waals surface area contributed by atoms with Crippen LogP contribution in [0.1, 0.15) is 29.8 Å². The third-order valence-electron chi connectivity index (χ3n) is 5.82. The fourth-order valence-corrected chi connectivity index (χ4v) is 4.01. The number of methoxy groups -OCH3 is 2. The van der Waals surface area contributed by atoms with E-state index in [9.17, 15) is 19.2 Å². The summed E-state index contributed by atoms with van der Waals surface area (Å²) in [5.41, 5.74) is 0.968. The number of urea groups is 1. The normalized spacial score (nSPS) is 16.9. The molecule has 11 heteroatoms. The Balaban J connectivity index is 1.71. The van der Waals surface area contributed by atoms with Gasteiger partial charge in [0.05, 0.1) is 20.3 Å². The van der Waals surface area contributed by atoms with Crippen molar-refractivity contribution in [1.29, 1.82) is 0 Å². The first-order chi connectivity index (χ1) is 16.8. The first kappa shape index (κ1) is 25.6. The van der Waals surface area contributed by atoms with Crippen molar-refractivity contribution in [1.82, 2.24) is 20.1 Å². The van der Waals surface area contributed by atoms with E-state index < -0.39 is 24.0 Å². The molecular weight excluding hydrogens is 454 g/mol. The Hall–Kier alpha value is -4.02. The number of anilines is 1. The van der Waals surface area contributed by atoms with Crippen LogP contribution in [0.15, 0.2) is 42.6 Å². The van der Waals surface area contributed by atoms with Gasteiger partial charge in [-0.3, -0.25) is 14.4 Å². The largest absolute Gasteiger partial charge is 0.497 e. The molecule has 35 heavy (non-hydrogen) atoms. The molecule has 0 saturated carbocycles. The number of nitrogens with one attached hydrogen (secondary N) is 3. The van der Waals surface area contributed by atoms with Crippen LogP contribution in [0.2, 0.25) is 0 Å². The fraction of sp³-hybridized carbons (Fsp3) is 0.417. The van der Waals surface area contributed by atoms with Crippen LogP contribution in [0.3, 0.4) is 0 Å². The maximum Gasteiger partial charge on any atom is 0.319 e. The van der Waals surface area contributed by atoms with Gasteiger partial charge in [0.1, 0.15) is 17.5 Å². The molecule has 0 spiro atoms. The van der Waals surface area contributed by atoms with Gasteiger partial charge in [-0.1, -0.05) is 6.07 Å². The molecule has 4 amide bonds. The molecule has 3 N–H and O–H groups in total. The van der Waals surface area contributed by atoms with Crippen LogP contribution in [0.4, 0.5) is 10.5 Å². The molecule has 0 unspecified atom stereocenters. The van der Waals surface area contributed by atoms with Crippen LogP contribution < -0.4 is 20.7 Å². The number of likely N-dealkylation sites (tertiary alicyclic amines) is 1. The highest BCUT2D eigenvalue weighted by molar-refractivity contribution is 5.98. The topological polar surface area (TPSA) is 131 Å². The lowest BCUT2D eigenvalue weighted by Crippen LogP contribution is -2.55. The van der Waals surface area contributed by atoms with E-state index in [4.69, 9.17) is 4.74 Å². The zero-order valence-corrected chi connectivity index (χ0v) is 20.1. The second kappa shape index (κ2) is 11.9. The first-order valence-corrected chi connectivity index (χ1v) is 11.3. The summed E-state index contributed by atoms with van der Waals surface area (Å²) in [7, 11) is 4.59. The van der Waals surface area contributed by atoms with Gasteiger partial charge in [0.25, 0.3) is 5.91 Å². The van der Waals surface area contributed by atoms with E-state index in [0.717, 1.165) is 0 Å². The predicted octanol–water partition coefficient (Wildman–Crippen LogP) is 1.51. The Kier molecular flexibility index (Phi) is 8.71. The second-order valence-electron chi connectivity index (χ2n) is 8.14. The molecule has 0 bridgehead atoms.